The third-order valence-electron chi connectivity index (χ3n) is 13.3. The SMILES string of the molecule is C=CCCC1CCC(C2CCC(c3ccc(C)cc3)CC2)CC1.C=CCCC1CCC(C2CCC(c3ccc(C)cc3)CC2)CC1. The Morgan fingerprint density at radius 1 is 0.435 bits per heavy atom. The first-order valence-corrected chi connectivity index (χ1v) is 19.9. The van der Waals surface area contributed by atoms with E-state index in [0.717, 1.165) is 47.3 Å². The number of hydrogen-bond acceptors (Lipinski definition) is 0. The van der Waals surface area contributed by atoms with E-state index in [1.54, 1.807) is 11.1 Å². The van der Waals surface area contributed by atoms with E-state index in [2.05, 4.69) is 87.7 Å². The molecule has 0 unspecified atom stereocenters. The highest BCUT2D eigenvalue weighted by atomic mass is 14.4. The van der Waals surface area contributed by atoms with Gasteiger partial charge in [0.1, 0.15) is 0 Å². The molecule has 2 aromatic rings. The van der Waals surface area contributed by atoms with E-state index < -0.39 is 0 Å². The molecule has 0 spiro atoms. The molecule has 0 N–H and O–H groups in total. The second-order valence-electron chi connectivity index (χ2n) is 16.3. The number of aryl methyl sites for hydroxylation is 2. The predicted molar refractivity (Wildman–Crippen MR) is 202 cm³/mol. The van der Waals surface area contributed by atoms with Crippen LogP contribution in [0, 0.1) is 49.4 Å². The summed E-state index contributed by atoms with van der Waals surface area (Å²) in [5.74, 6) is 7.77. The molecule has 0 aliphatic heterocycles. The minimum absolute atomic E-state index is 0.829. The van der Waals surface area contributed by atoms with Gasteiger partial charge in [0, 0.05) is 0 Å². The van der Waals surface area contributed by atoms with Crippen LogP contribution < -0.4 is 0 Å². The summed E-state index contributed by atoms with van der Waals surface area (Å²) in [5.41, 5.74) is 5.94. The van der Waals surface area contributed by atoms with Crippen LogP contribution >= 0.6 is 0 Å². The Bertz CT molecular complexity index is 1030. The molecule has 0 heterocycles. The monoisotopic (exact) mass is 621 g/mol. The summed E-state index contributed by atoms with van der Waals surface area (Å²) < 4.78 is 0. The van der Waals surface area contributed by atoms with Crippen molar-refractivity contribution >= 4 is 0 Å². The minimum atomic E-state index is 0.829. The normalized spacial score (nSPS) is 31.7. The highest BCUT2D eigenvalue weighted by Crippen LogP contribution is 2.46. The van der Waals surface area contributed by atoms with Gasteiger partial charge in [-0.3, -0.25) is 0 Å². The van der Waals surface area contributed by atoms with E-state index >= 15 is 0 Å². The van der Waals surface area contributed by atoms with Crippen LogP contribution in [0.2, 0.25) is 0 Å². The van der Waals surface area contributed by atoms with Crippen molar-refractivity contribution in [3.63, 3.8) is 0 Å². The fraction of sp³-hybridized carbons (Fsp3) is 0.652. The second-order valence-corrected chi connectivity index (χ2v) is 16.3. The van der Waals surface area contributed by atoms with Crippen molar-refractivity contribution in [1.29, 1.82) is 0 Å². The van der Waals surface area contributed by atoms with Crippen LogP contribution in [0.4, 0.5) is 0 Å². The van der Waals surface area contributed by atoms with E-state index in [-0.39, 0.29) is 0 Å². The molecule has 0 nitrogen and oxygen atoms in total. The highest BCUT2D eigenvalue weighted by Gasteiger charge is 2.32. The molecule has 0 amide bonds. The molecule has 252 valence electrons. The van der Waals surface area contributed by atoms with E-state index in [1.807, 2.05) is 0 Å². The molecule has 0 bridgehead atoms. The van der Waals surface area contributed by atoms with Gasteiger partial charge in [0.25, 0.3) is 0 Å². The maximum atomic E-state index is 3.87. The van der Waals surface area contributed by atoms with Crippen molar-refractivity contribution in [2.75, 3.05) is 0 Å². The second kappa shape index (κ2) is 18.5. The van der Waals surface area contributed by atoms with Gasteiger partial charge in [-0.15, -0.1) is 13.2 Å². The Kier molecular flexibility index (Phi) is 14.1. The van der Waals surface area contributed by atoms with E-state index in [0.29, 0.717) is 0 Å². The Labute approximate surface area is 284 Å². The lowest BCUT2D eigenvalue weighted by Gasteiger charge is -2.38. The molecule has 6 rings (SSSR count). The Hall–Kier alpha value is -2.08. The third kappa shape index (κ3) is 10.5. The van der Waals surface area contributed by atoms with Gasteiger partial charge in [0.05, 0.1) is 0 Å². The molecule has 4 aliphatic carbocycles. The van der Waals surface area contributed by atoms with Gasteiger partial charge in [-0.05, 0) is 175 Å². The smallest absolute Gasteiger partial charge is 0.0162 e. The molecule has 0 radical (unpaired) electrons. The van der Waals surface area contributed by atoms with Crippen LogP contribution in [0.1, 0.15) is 163 Å². The molecule has 4 saturated carbocycles. The van der Waals surface area contributed by atoms with E-state index in [4.69, 9.17) is 0 Å². The first-order chi connectivity index (χ1) is 22.5. The summed E-state index contributed by atoms with van der Waals surface area (Å²) in [6, 6.07) is 18.6. The van der Waals surface area contributed by atoms with E-state index in [1.165, 1.54) is 140 Å². The lowest BCUT2D eigenvalue weighted by atomic mass is 9.68. The molecular formula is C46H68. The zero-order valence-corrected chi connectivity index (χ0v) is 29.9. The minimum Gasteiger partial charge on any atom is -0.103 e. The molecule has 2 aromatic carbocycles. The lowest BCUT2D eigenvalue weighted by molar-refractivity contribution is 0.157. The first-order valence-electron chi connectivity index (χ1n) is 19.9. The molecule has 0 aromatic heterocycles. The maximum absolute atomic E-state index is 3.87. The summed E-state index contributed by atoms with van der Waals surface area (Å²) >= 11 is 0. The van der Waals surface area contributed by atoms with Gasteiger partial charge in [-0.1, -0.05) is 97.5 Å². The molecular weight excluding hydrogens is 553 g/mol. The Balaban J connectivity index is 0.000000181. The summed E-state index contributed by atoms with van der Waals surface area (Å²) in [7, 11) is 0. The van der Waals surface area contributed by atoms with Gasteiger partial charge in [-0.25, -0.2) is 0 Å². The Morgan fingerprint density at radius 3 is 1.00 bits per heavy atom. The molecule has 4 fully saturated rings. The quantitative estimate of drug-likeness (QED) is 0.232. The van der Waals surface area contributed by atoms with Crippen LogP contribution in [0.15, 0.2) is 73.8 Å². The molecule has 0 atom stereocenters. The summed E-state index contributed by atoms with van der Waals surface area (Å²) in [4.78, 5) is 0. The van der Waals surface area contributed by atoms with Crippen molar-refractivity contribution in [1.82, 2.24) is 0 Å². The molecule has 0 heteroatoms. The van der Waals surface area contributed by atoms with Crippen LogP contribution in [0.3, 0.4) is 0 Å². The van der Waals surface area contributed by atoms with E-state index in [9.17, 15) is 0 Å². The number of benzene rings is 2. The van der Waals surface area contributed by atoms with Crippen molar-refractivity contribution in [3.05, 3.63) is 96.1 Å². The van der Waals surface area contributed by atoms with Crippen LogP contribution in [-0.2, 0) is 0 Å². The Morgan fingerprint density at radius 2 is 0.717 bits per heavy atom. The largest absolute Gasteiger partial charge is 0.103 e. The van der Waals surface area contributed by atoms with Gasteiger partial charge in [0.15, 0.2) is 0 Å². The van der Waals surface area contributed by atoms with Crippen LogP contribution in [-0.4, -0.2) is 0 Å². The van der Waals surface area contributed by atoms with Crippen molar-refractivity contribution in [3.8, 4) is 0 Å². The molecule has 46 heavy (non-hydrogen) atoms. The predicted octanol–water partition coefficient (Wildman–Crippen LogP) is 14.1. The average molecular weight is 621 g/mol. The fourth-order valence-corrected chi connectivity index (χ4v) is 10.1. The summed E-state index contributed by atoms with van der Waals surface area (Å²) in [6.07, 6.45) is 32.9. The highest BCUT2D eigenvalue weighted by molar-refractivity contribution is 5.26. The standard InChI is InChI=1S/2C23H34/c2*1-3-4-5-19-8-12-21(13-9-19)23-16-14-22(15-17-23)20-10-6-18(2)7-11-20/h2*3,6-7,10-11,19,21-23H,1,4-5,8-9,12-17H2,2H3. The topological polar surface area (TPSA) is 0 Å². The fourth-order valence-electron chi connectivity index (χ4n) is 10.1. The third-order valence-corrected chi connectivity index (χ3v) is 13.3. The van der Waals surface area contributed by atoms with Crippen LogP contribution in [0.5, 0.6) is 0 Å². The van der Waals surface area contributed by atoms with Crippen molar-refractivity contribution in [2.45, 2.75) is 154 Å². The number of hydrogen-bond donors (Lipinski definition) is 0. The summed E-state index contributed by atoms with van der Waals surface area (Å²) in [6.45, 7) is 12.1. The van der Waals surface area contributed by atoms with Gasteiger partial charge >= 0.3 is 0 Å². The van der Waals surface area contributed by atoms with Crippen molar-refractivity contribution in [2.24, 2.45) is 35.5 Å². The van der Waals surface area contributed by atoms with Gasteiger partial charge in [-0.2, -0.15) is 0 Å². The van der Waals surface area contributed by atoms with Crippen LogP contribution in [0.25, 0.3) is 0 Å². The summed E-state index contributed by atoms with van der Waals surface area (Å²) in [5, 5.41) is 0. The number of rotatable bonds is 10. The average Bonchev–Trinajstić information content (AvgIpc) is 3.11. The number of allylic oxidation sites excluding steroid dienone is 2. The first kappa shape index (κ1) is 35.2. The lowest BCUT2D eigenvalue weighted by Crippen LogP contribution is -2.25. The molecule has 0 saturated heterocycles. The molecule has 4 aliphatic rings. The zero-order valence-electron chi connectivity index (χ0n) is 29.9. The zero-order chi connectivity index (χ0) is 32.1. The van der Waals surface area contributed by atoms with Gasteiger partial charge < -0.3 is 0 Å². The van der Waals surface area contributed by atoms with Gasteiger partial charge in [0.2, 0.25) is 0 Å². The van der Waals surface area contributed by atoms with Crippen molar-refractivity contribution < 1.29 is 0 Å². The maximum Gasteiger partial charge on any atom is -0.0162 e.